The Morgan fingerprint density at radius 3 is 2.65 bits per heavy atom. The predicted molar refractivity (Wildman–Crippen MR) is 137 cm³/mol. The van der Waals surface area contributed by atoms with E-state index in [1.165, 1.54) is 5.69 Å². The first-order valence-corrected chi connectivity index (χ1v) is 11.8. The third-order valence-electron chi connectivity index (χ3n) is 6.36. The number of aromatic nitrogens is 4. The molecule has 0 amide bonds. The van der Waals surface area contributed by atoms with E-state index >= 15 is 0 Å². The maximum atomic E-state index is 13.1. The average molecular weight is 477 g/mol. The van der Waals surface area contributed by atoms with Crippen LogP contribution >= 0.6 is 12.2 Å². The number of para-hydroxylation sites is 1. The van der Waals surface area contributed by atoms with E-state index in [9.17, 15) is 4.79 Å². The highest BCUT2D eigenvalue weighted by Crippen LogP contribution is 2.21. The van der Waals surface area contributed by atoms with E-state index in [-0.39, 0.29) is 5.56 Å². The lowest BCUT2D eigenvalue weighted by Crippen LogP contribution is -2.32. The second-order valence-corrected chi connectivity index (χ2v) is 8.80. The Morgan fingerprint density at radius 2 is 1.88 bits per heavy atom. The maximum absolute atomic E-state index is 13.1. The molecule has 0 bridgehead atoms. The van der Waals surface area contributed by atoms with Crippen LogP contribution in [0.3, 0.4) is 0 Å². The number of methoxy groups -OCH3 is 1. The molecule has 176 valence electrons. The summed E-state index contributed by atoms with van der Waals surface area (Å²) in [6, 6.07) is 15.8. The van der Waals surface area contributed by atoms with Gasteiger partial charge in [0.25, 0.3) is 5.56 Å². The van der Waals surface area contributed by atoms with Crippen LogP contribution < -0.4 is 15.2 Å². The summed E-state index contributed by atoms with van der Waals surface area (Å²) in [5, 5.41) is 5.41. The molecule has 0 saturated carbocycles. The zero-order valence-electron chi connectivity index (χ0n) is 19.3. The molecule has 0 spiro atoms. The van der Waals surface area contributed by atoms with Crippen molar-refractivity contribution < 1.29 is 4.74 Å². The van der Waals surface area contributed by atoms with Crippen molar-refractivity contribution >= 4 is 34.6 Å². The first kappa shape index (κ1) is 22.4. The van der Waals surface area contributed by atoms with Crippen LogP contribution in [0.15, 0.2) is 66.0 Å². The molecule has 1 saturated heterocycles. The maximum Gasteiger partial charge on any atom is 0.263 e. The molecule has 5 rings (SSSR count). The predicted octanol–water partition coefficient (Wildman–Crippen LogP) is 3.54. The normalized spacial score (nSPS) is 15.0. The molecule has 0 atom stereocenters. The Morgan fingerprint density at radius 1 is 1.09 bits per heavy atom. The number of ether oxygens (including phenoxy) is 1. The number of anilines is 1. The molecule has 0 aliphatic carbocycles. The molecule has 0 N–H and O–H groups in total. The van der Waals surface area contributed by atoms with Gasteiger partial charge in [-0.3, -0.25) is 18.7 Å². The van der Waals surface area contributed by atoms with Crippen LogP contribution in [-0.4, -0.2) is 56.9 Å². The van der Waals surface area contributed by atoms with Crippen molar-refractivity contribution in [2.24, 2.45) is 0 Å². The Bertz CT molecular complexity index is 1450. The first-order valence-electron chi connectivity index (χ1n) is 11.4. The Hall–Kier alpha value is -3.43. The minimum absolute atomic E-state index is 0.0833. The van der Waals surface area contributed by atoms with Gasteiger partial charge in [0.1, 0.15) is 5.75 Å². The minimum Gasteiger partial charge on any atom is -0.497 e. The van der Waals surface area contributed by atoms with E-state index in [0.29, 0.717) is 29.1 Å². The van der Waals surface area contributed by atoms with E-state index in [1.54, 1.807) is 17.8 Å². The molecule has 2 aromatic carbocycles. The molecule has 0 radical (unpaired) electrons. The van der Waals surface area contributed by atoms with Crippen molar-refractivity contribution in [1.82, 2.24) is 23.6 Å². The number of allylic oxidation sites excluding steroid dienone is 1. The van der Waals surface area contributed by atoms with E-state index in [1.807, 2.05) is 45.5 Å². The molecule has 8 nitrogen and oxygen atoms in total. The van der Waals surface area contributed by atoms with Gasteiger partial charge in [-0.1, -0.05) is 18.2 Å². The number of hydrogen-bond donors (Lipinski definition) is 0. The first-order chi connectivity index (χ1) is 16.6. The Labute approximate surface area is 202 Å². The lowest BCUT2D eigenvalue weighted by molar-refractivity contribution is 0.220. The van der Waals surface area contributed by atoms with Crippen LogP contribution in [-0.2, 0) is 13.2 Å². The van der Waals surface area contributed by atoms with Gasteiger partial charge in [-0.05, 0) is 55.0 Å². The van der Waals surface area contributed by atoms with Crippen molar-refractivity contribution in [3.63, 3.8) is 0 Å². The minimum atomic E-state index is -0.0833. The molecular weight excluding hydrogens is 448 g/mol. The summed E-state index contributed by atoms with van der Waals surface area (Å²) in [4.78, 5) is 17.9. The summed E-state index contributed by atoms with van der Waals surface area (Å²) in [6.07, 6.45) is 2.75. The van der Waals surface area contributed by atoms with Crippen molar-refractivity contribution in [2.75, 3.05) is 38.2 Å². The Balaban J connectivity index is 1.44. The monoisotopic (exact) mass is 476 g/mol. The van der Waals surface area contributed by atoms with E-state index < -0.39 is 0 Å². The molecule has 9 heteroatoms. The third kappa shape index (κ3) is 4.01. The van der Waals surface area contributed by atoms with Crippen LogP contribution in [0, 0.1) is 4.77 Å². The number of nitrogens with zero attached hydrogens (tertiary/aromatic N) is 6. The standard InChI is InChI=1S/C25H28N6O2S/c1-3-13-29-23(32)21-7-4-5-8-22(21)31-24(29)26-30(25(31)34)18-27-14-6-15-28(17-16-27)19-9-11-20(33-2)12-10-19/h3-5,7-12H,1,6,13-18H2,2H3. The lowest BCUT2D eigenvalue weighted by Gasteiger charge is -2.23. The third-order valence-corrected chi connectivity index (χ3v) is 6.75. The summed E-state index contributed by atoms with van der Waals surface area (Å²) in [7, 11) is 1.68. The summed E-state index contributed by atoms with van der Waals surface area (Å²) in [6.45, 7) is 8.50. The van der Waals surface area contributed by atoms with Crippen LogP contribution in [0.1, 0.15) is 6.42 Å². The fraction of sp³-hybridized carbons (Fsp3) is 0.320. The summed E-state index contributed by atoms with van der Waals surface area (Å²) in [5.74, 6) is 1.41. The smallest absolute Gasteiger partial charge is 0.263 e. The molecule has 2 aromatic heterocycles. The van der Waals surface area contributed by atoms with Gasteiger partial charge in [0.05, 0.1) is 24.7 Å². The SMILES string of the molecule is C=CCn1c(=O)c2ccccc2n2c(=S)n(CN3CCCN(c4ccc(OC)cc4)CC3)nc12. The number of rotatable bonds is 6. The zero-order valence-corrected chi connectivity index (χ0v) is 20.1. The van der Waals surface area contributed by atoms with Crippen molar-refractivity contribution in [2.45, 2.75) is 19.6 Å². The van der Waals surface area contributed by atoms with Crippen molar-refractivity contribution in [3.05, 3.63) is 76.3 Å². The van der Waals surface area contributed by atoms with E-state index in [4.69, 9.17) is 22.1 Å². The number of hydrogen-bond acceptors (Lipinski definition) is 6. The van der Waals surface area contributed by atoms with Crippen LogP contribution in [0.2, 0.25) is 0 Å². The van der Waals surface area contributed by atoms with Crippen LogP contribution in [0.25, 0.3) is 16.7 Å². The van der Waals surface area contributed by atoms with Gasteiger partial charge in [0, 0.05) is 38.4 Å². The second kappa shape index (κ2) is 9.44. The molecule has 0 unspecified atom stereocenters. The van der Waals surface area contributed by atoms with Crippen molar-refractivity contribution in [3.8, 4) is 5.75 Å². The number of fused-ring (bicyclic) bond motifs is 3. The highest BCUT2D eigenvalue weighted by Gasteiger charge is 2.19. The highest BCUT2D eigenvalue weighted by molar-refractivity contribution is 7.71. The lowest BCUT2D eigenvalue weighted by atomic mass is 10.2. The van der Waals surface area contributed by atoms with Gasteiger partial charge in [-0.2, -0.15) is 0 Å². The number of benzene rings is 2. The van der Waals surface area contributed by atoms with Gasteiger partial charge in [-0.15, -0.1) is 11.7 Å². The fourth-order valence-corrected chi connectivity index (χ4v) is 4.88. The molecule has 1 fully saturated rings. The van der Waals surface area contributed by atoms with Gasteiger partial charge in [-0.25, -0.2) is 4.68 Å². The molecule has 1 aliphatic rings. The van der Waals surface area contributed by atoms with Gasteiger partial charge in [0.15, 0.2) is 0 Å². The highest BCUT2D eigenvalue weighted by atomic mass is 32.1. The zero-order chi connectivity index (χ0) is 23.7. The molecule has 4 aromatic rings. The van der Waals surface area contributed by atoms with Crippen molar-refractivity contribution in [1.29, 1.82) is 0 Å². The van der Waals surface area contributed by atoms with Crippen LogP contribution in [0.4, 0.5) is 5.69 Å². The summed E-state index contributed by atoms with van der Waals surface area (Å²) in [5.41, 5.74) is 1.90. The average Bonchev–Trinajstić information content (AvgIpc) is 3.03. The van der Waals surface area contributed by atoms with Gasteiger partial charge < -0.3 is 9.64 Å². The van der Waals surface area contributed by atoms with Gasteiger partial charge >= 0.3 is 0 Å². The molecule has 1 aliphatic heterocycles. The Kier molecular flexibility index (Phi) is 6.21. The fourth-order valence-electron chi connectivity index (χ4n) is 4.61. The largest absolute Gasteiger partial charge is 0.497 e. The summed E-state index contributed by atoms with van der Waals surface area (Å²) >= 11 is 5.84. The summed E-state index contributed by atoms with van der Waals surface area (Å²) < 4.78 is 11.2. The second-order valence-electron chi connectivity index (χ2n) is 8.44. The molecule has 3 heterocycles. The topological polar surface area (TPSA) is 59.9 Å². The van der Waals surface area contributed by atoms with Crippen LogP contribution in [0.5, 0.6) is 5.75 Å². The molecule has 34 heavy (non-hydrogen) atoms. The molecular formula is C25H28N6O2S. The quantitative estimate of drug-likeness (QED) is 0.313. The van der Waals surface area contributed by atoms with E-state index in [2.05, 4.69) is 28.5 Å². The van der Waals surface area contributed by atoms with Gasteiger partial charge in [0.2, 0.25) is 10.5 Å². The van der Waals surface area contributed by atoms with E-state index in [0.717, 1.165) is 43.9 Å².